The van der Waals surface area contributed by atoms with Gasteiger partial charge >= 0.3 is 0 Å². The van der Waals surface area contributed by atoms with Gasteiger partial charge in [-0.15, -0.1) is 0 Å². The molecule has 0 spiro atoms. The molecule has 2 aromatic rings. The van der Waals surface area contributed by atoms with Gasteiger partial charge in [-0.1, -0.05) is 6.92 Å². The van der Waals surface area contributed by atoms with E-state index >= 15 is 0 Å². The molecule has 19 heavy (non-hydrogen) atoms. The van der Waals surface area contributed by atoms with Crippen molar-refractivity contribution >= 4 is 17.1 Å². The molecular formula is C14H20N4O. The van der Waals surface area contributed by atoms with E-state index in [1.807, 2.05) is 38.4 Å². The molecule has 5 nitrogen and oxygen atoms in total. The van der Waals surface area contributed by atoms with Crippen LogP contribution in [0.4, 0.5) is 17.1 Å². The summed E-state index contributed by atoms with van der Waals surface area (Å²) >= 11 is 0. The van der Waals surface area contributed by atoms with Crippen molar-refractivity contribution < 1.29 is 4.74 Å². The summed E-state index contributed by atoms with van der Waals surface area (Å²) in [5.74, 6) is 0.716. The Labute approximate surface area is 113 Å². The molecule has 0 bridgehead atoms. The van der Waals surface area contributed by atoms with Gasteiger partial charge in [-0.25, -0.2) is 0 Å². The van der Waals surface area contributed by atoms with E-state index in [1.165, 1.54) is 0 Å². The Morgan fingerprint density at radius 2 is 2.21 bits per heavy atom. The van der Waals surface area contributed by atoms with E-state index < -0.39 is 0 Å². The zero-order valence-electron chi connectivity index (χ0n) is 11.6. The summed E-state index contributed by atoms with van der Waals surface area (Å²) < 4.78 is 7.40. The van der Waals surface area contributed by atoms with Gasteiger partial charge in [-0.3, -0.25) is 4.68 Å². The highest BCUT2D eigenvalue weighted by Crippen LogP contribution is 2.28. The Balaban J connectivity index is 2.18. The Bertz CT molecular complexity index is 563. The Hall–Kier alpha value is -2.17. The topological polar surface area (TPSA) is 65.1 Å². The lowest BCUT2D eigenvalue weighted by Gasteiger charge is -2.11. The van der Waals surface area contributed by atoms with Gasteiger partial charge in [0.15, 0.2) is 0 Å². The fraction of sp³-hybridized carbons (Fsp3) is 0.357. The van der Waals surface area contributed by atoms with Gasteiger partial charge in [-0.2, -0.15) is 5.10 Å². The molecule has 0 atom stereocenters. The number of aryl methyl sites for hydroxylation is 2. The zero-order valence-corrected chi connectivity index (χ0v) is 11.6. The molecule has 1 aromatic carbocycles. The van der Waals surface area contributed by atoms with Crippen molar-refractivity contribution in [3.8, 4) is 5.75 Å². The minimum absolute atomic E-state index is 0.655. The first kappa shape index (κ1) is 13.3. The van der Waals surface area contributed by atoms with Gasteiger partial charge in [0, 0.05) is 25.0 Å². The lowest BCUT2D eigenvalue weighted by molar-refractivity contribution is 0.319. The molecule has 5 heteroatoms. The number of hydrogen-bond acceptors (Lipinski definition) is 4. The van der Waals surface area contributed by atoms with Crippen molar-refractivity contribution in [3.63, 3.8) is 0 Å². The van der Waals surface area contributed by atoms with Gasteiger partial charge in [0.2, 0.25) is 0 Å². The second-order valence-corrected chi connectivity index (χ2v) is 4.53. The van der Waals surface area contributed by atoms with Crippen LogP contribution in [-0.2, 0) is 7.05 Å². The predicted octanol–water partition coefficient (Wildman–Crippen LogP) is 2.84. The van der Waals surface area contributed by atoms with E-state index in [9.17, 15) is 0 Å². The molecule has 0 amide bonds. The third-order valence-corrected chi connectivity index (χ3v) is 2.77. The zero-order chi connectivity index (χ0) is 13.8. The molecule has 0 radical (unpaired) electrons. The smallest absolute Gasteiger partial charge is 0.144 e. The minimum atomic E-state index is 0.655. The molecule has 0 aliphatic carbocycles. The number of ether oxygens (including phenoxy) is 1. The normalized spacial score (nSPS) is 10.5. The van der Waals surface area contributed by atoms with Crippen LogP contribution in [0, 0.1) is 6.92 Å². The van der Waals surface area contributed by atoms with Crippen LogP contribution in [0.2, 0.25) is 0 Å². The number of benzene rings is 1. The highest BCUT2D eigenvalue weighted by atomic mass is 16.5. The number of anilines is 3. The Morgan fingerprint density at radius 3 is 2.84 bits per heavy atom. The van der Waals surface area contributed by atoms with Crippen LogP contribution in [-0.4, -0.2) is 16.4 Å². The number of nitrogens with one attached hydrogen (secondary N) is 1. The van der Waals surface area contributed by atoms with Crippen molar-refractivity contribution in [2.75, 3.05) is 17.7 Å². The number of rotatable bonds is 5. The summed E-state index contributed by atoms with van der Waals surface area (Å²) in [6.07, 6.45) is 2.90. The summed E-state index contributed by atoms with van der Waals surface area (Å²) in [6, 6.07) is 5.69. The van der Waals surface area contributed by atoms with Gasteiger partial charge in [0.25, 0.3) is 0 Å². The molecule has 1 heterocycles. The van der Waals surface area contributed by atoms with Crippen LogP contribution in [0.3, 0.4) is 0 Å². The second-order valence-electron chi connectivity index (χ2n) is 4.53. The largest absolute Gasteiger partial charge is 0.491 e. The number of nitrogens with two attached hydrogens (primary N) is 1. The SMILES string of the molecule is CCCOc1cc(Nc2cn(C)nc2C)ccc1N. The van der Waals surface area contributed by atoms with Crippen molar-refractivity contribution in [1.29, 1.82) is 0 Å². The predicted molar refractivity (Wildman–Crippen MR) is 77.9 cm³/mol. The number of nitrogens with zero attached hydrogens (tertiary/aromatic N) is 2. The van der Waals surface area contributed by atoms with Gasteiger partial charge in [0.05, 0.1) is 23.7 Å². The lowest BCUT2D eigenvalue weighted by Crippen LogP contribution is -2.00. The summed E-state index contributed by atoms with van der Waals surface area (Å²) in [4.78, 5) is 0. The molecule has 0 unspecified atom stereocenters. The van der Waals surface area contributed by atoms with Gasteiger partial charge in [-0.05, 0) is 25.5 Å². The number of nitrogen functional groups attached to an aromatic ring is 1. The van der Waals surface area contributed by atoms with Crippen LogP contribution in [0.15, 0.2) is 24.4 Å². The first-order chi connectivity index (χ1) is 9.10. The van der Waals surface area contributed by atoms with Crippen molar-refractivity contribution in [2.45, 2.75) is 20.3 Å². The Kier molecular flexibility index (Phi) is 3.94. The average molecular weight is 260 g/mol. The maximum absolute atomic E-state index is 5.89. The summed E-state index contributed by atoms with van der Waals surface area (Å²) in [7, 11) is 1.90. The van der Waals surface area contributed by atoms with Crippen LogP contribution in [0.5, 0.6) is 5.75 Å². The minimum Gasteiger partial charge on any atom is -0.491 e. The van der Waals surface area contributed by atoms with E-state index in [0.717, 1.165) is 23.5 Å². The molecule has 0 aliphatic rings. The van der Waals surface area contributed by atoms with Crippen molar-refractivity contribution in [2.24, 2.45) is 7.05 Å². The summed E-state index contributed by atoms with van der Waals surface area (Å²) in [5, 5.41) is 7.61. The molecule has 0 aliphatic heterocycles. The van der Waals surface area contributed by atoms with Gasteiger partial charge < -0.3 is 15.8 Å². The monoisotopic (exact) mass is 260 g/mol. The molecule has 1 aromatic heterocycles. The number of aromatic nitrogens is 2. The van der Waals surface area contributed by atoms with Gasteiger partial charge in [0.1, 0.15) is 5.75 Å². The average Bonchev–Trinajstić information content (AvgIpc) is 2.68. The van der Waals surface area contributed by atoms with E-state index in [4.69, 9.17) is 10.5 Å². The summed E-state index contributed by atoms with van der Waals surface area (Å²) in [6.45, 7) is 4.70. The first-order valence-corrected chi connectivity index (χ1v) is 6.39. The third-order valence-electron chi connectivity index (χ3n) is 2.77. The second kappa shape index (κ2) is 5.65. The lowest BCUT2D eigenvalue weighted by atomic mass is 10.2. The van der Waals surface area contributed by atoms with Crippen LogP contribution in [0.1, 0.15) is 19.0 Å². The van der Waals surface area contributed by atoms with E-state index in [0.29, 0.717) is 18.0 Å². The fourth-order valence-electron chi connectivity index (χ4n) is 1.83. The quantitative estimate of drug-likeness (QED) is 0.811. The highest BCUT2D eigenvalue weighted by Gasteiger charge is 2.06. The summed E-state index contributed by atoms with van der Waals surface area (Å²) in [5.41, 5.74) is 9.42. The molecular weight excluding hydrogens is 240 g/mol. The first-order valence-electron chi connectivity index (χ1n) is 6.39. The molecule has 3 N–H and O–H groups in total. The molecule has 0 saturated carbocycles. The molecule has 0 fully saturated rings. The van der Waals surface area contributed by atoms with Crippen molar-refractivity contribution in [1.82, 2.24) is 9.78 Å². The van der Waals surface area contributed by atoms with Crippen LogP contribution < -0.4 is 15.8 Å². The van der Waals surface area contributed by atoms with Crippen LogP contribution in [0.25, 0.3) is 0 Å². The molecule has 0 saturated heterocycles. The van der Waals surface area contributed by atoms with E-state index in [-0.39, 0.29) is 0 Å². The fourth-order valence-corrected chi connectivity index (χ4v) is 1.83. The van der Waals surface area contributed by atoms with E-state index in [2.05, 4.69) is 17.3 Å². The molecule has 2 rings (SSSR count). The Morgan fingerprint density at radius 1 is 1.42 bits per heavy atom. The van der Waals surface area contributed by atoms with Crippen LogP contribution >= 0.6 is 0 Å². The highest BCUT2D eigenvalue weighted by molar-refractivity contribution is 5.67. The molecule has 102 valence electrons. The van der Waals surface area contributed by atoms with E-state index in [1.54, 1.807) is 4.68 Å². The van der Waals surface area contributed by atoms with Crippen molar-refractivity contribution in [3.05, 3.63) is 30.1 Å². The maximum Gasteiger partial charge on any atom is 0.144 e. The third kappa shape index (κ3) is 3.19. The standard InChI is InChI=1S/C14H20N4O/c1-4-7-19-14-8-11(5-6-12(14)15)16-13-9-18(3)17-10(13)2/h5-6,8-9,16H,4,7,15H2,1-3H3. The number of hydrogen-bond donors (Lipinski definition) is 2. The maximum atomic E-state index is 5.89.